The monoisotopic (exact) mass is 161 g/mol. The van der Waals surface area contributed by atoms with Crippen molar-refractivity contribution in [3.8, 4) is 0 Å². The molecule has 1 aromatic heterocycles. The standard InChI is InChI=1S/C10H11NO/c1-8(9(2)12)6-10-4-3-5-11-7-10/h3-7H,1-2H3/b8-6-. The molecule has 0 saturated carbocycles. The molecule has 1 heterocycles. The van der Waals surface area contributed by atoms with Crippen molar-refractivity contribution >= 4 is 11.9 Å². The molecule has 0 saturated heterocycles. The first-order valence-corrected chi connectivity index (χ1v) is 3.79. The Labute approximate surface area is 71.9 Å². The predicted octanol–water partition coefficient (Wildman–Crippen LogP) is 2.07. The van der Waals surface area contributed by atoms with E-state index in [4.69, 9.17) is 0 Å². The molecule has 0 fully saturated rings. The van der Waals surface area contributed by atoms with Crippen LogP contribution in [0.25, 0.3) is 6.08 Å². The maximum Gasteiger partial charge on any atom is 0.155 e. The van der Waals surface area contributed by atoms with Gasteiger partial charge in [0.1, 0.15) is 0 Å². The summed E-state index contributed by atoms with van der Waals surface area (Å²) in [6.07, 6.45) is 5.27. The van der Waals surface area contributed by atoms with Gasteiger partial charge in [0.2, 0.25) is 0 Å². The van der Waals surface area contributed by atoms with E-state index in [-0.39, 0.29) is 5.78 Å². The summed E-state index contributed by atoms with van der Waals surface area (Å²) in [5, 5.41) is 0. The maximum absolute atomic E-state index is 10.9. The molecule has 0 amide bonds. The predicted molar refractivity (Wildman–Crippen MR) is 48.6 cm³/mol. The number of aromatic nitrogens is 1. The third kappa shape index (κ3) is 2.31. The van der Waals surface area contributed by atoms with Crippen molar-refractivity contribution in [2.75, 3.05) is 0 Å². The quantitative estimate of drug-likeness (QED) is 0.621. The molecule has 0 spiro atoms. The molecule has 0 bridgehead atoms. The molecule has 62 valence electrons. The number of ketones is 1. The molecule has 0 N–H and O–H groups in total. The molecule has 1 aromatic rings. The van der Waals surface area contributed by atoms with E-state index < -0.39 is 0 Å². The van der Waals surface area contributed by atoms with Gasteiger partial charge in [-0.2, -0.15) is 0 Å². The SMILES string of the molecule is CC(=O)/C(C)=C\c1cccnc1. The van der Waals surface area contributed by atoms with Gasteiger partial charge in [-0.1, -0.05) is 6.07 Å². The second kappa shape index (κ2) is 3.81. The number of rotatable bonds is 2. The molecule has 0 radical (unpaired) electrons. The van der Waals surface area contributed by atoms with Crippen molar-refractivity contribution in [3.63, 3.8) is 0 Å². The van der Waals surface area contributed by atoms with Crippen molar-refractivity contribution in [2.45, 2.75) is 13.8 Å². The molecular formula is C10H11NO. The van der Waals surface area contributed by atoms with Crippen LogP contribution >= 0.6 is 0 Å². The zero-order chi connectivity index (χ0) is 8.97. The van der Waals surface area contributed by atoms with Crippen LogP contribution in [0.15, 0.2) is 30.1 Å². The minimum atomic E-state index is 0.0962. The number of hydrogen-bond donors (Lipinski definition) is 0. The van der Waals surface area contributed by atoms with Crippen LogP contribution in [0.4, 0.5) is 0 Å². The summed E-state index contributed by atoms with van der Waals surface area (Å²) in [5.41, 5.74) is 1.72. The first-order chi connectivity index (χ1) is 5.70. The Morgan fingerprint density at radius 1 is 1.50 bits per heavy atom. The van der Waals surface area contributed by atoms with Gasteiger partial charge in [-0.25, -0.2) is 0 Å². The highest BCUT2D eigenvalue weighted by molar-refractivity contribution is 5.96. The fourth-order valence-electron chi connectivity index (χ4n) is 0.813. The highest BCUT2D eigenvalue weighted by Gasteiger charge is 1.95. The van der Waals surface area contributed by atoms with E-state index >= 15 is 0 Å². The van der Waals surface area contributed by atoms with Crippen LogP contribution in [0.5, 0.6) is 0 Å². The van der Waals surface area contributed by atoms with Gasteiger partial charge >= 0.3 is 0 Å². The van der Waals surface area contributed by atoms with Gasteiger partial charge in [-0.15, -0.1) is 0 Å². The molecule has 0 unspecified atom stereocenters. The molecular weight excluding hydrogens is 150 g/mol. The van der Waals surface area contributed by atoms with Crippen LogP contribution in [0.1, 0.15) is 19.4 Å². The second-order valence-electron chi connectivity index (χ2n) is 2.67. The van der Waals surface area contributed by atoms with Crippen molar-refractivity contribution in [2.24, 2.45) is 0 Å². The van der Waals surface area contributed by atoms with Gasteiger partial charge in [0.15, 0.2) is 5.78 Å². The van der Waals surface area contributed by atoms with Gasteiger partial charge in [-0.3, -0.25) is 9.78 Å². The van der Waals surface area contributed by atoms with E-state index in [2.05, 4.69) is 4.98 Å². The number of nitrogens with zero attached hydrogens (tertiary/aromatic N) is 1. The minimum absolute atomic E-state index is 0.0962. The fraction of sp³-hybridized carbons (Fsp3) is 0.200. The van der Waals surface area contributed by atoms with Crippen LogP contribution < -0.4 is 0 Å². The van der Waals surface area contributed by atoms with E-state index in [0.29, 0.717) is 0 Å². The van der Waals surface area contributed by atoms with Gasteiger partial charge in [0.25, 0.3) is 0 Å². The number of allylic oxidation sites excluding steroid dienone is 1. The first-order valence-electron chi connectivity index (χ1n) is 3.79. The number of hydrogen-bond acceptors (Lipinski definition) is 2. The van der Waals surface area contributed by atoms with Crippen molar-refractivity contribution in [3.05, 3.63) is 35.7 Å². The van der Waals surface area contributed by atoms with Gasteiger partial charge in [0, 0.05) is 12.4 Å². The minimum Gasteiger partial charge on any atom is -0.295 e. The van der Waals surface area contributed by atoms with Crippen LogP contribution in [0, 0.1) is 0 Å². The highest BCUT2D eigenvalue weighted by atomic mass is 16.1. The summed E-state index contributed by atoms with van der Waals surface area (Å²) in [6, 6.07) is 3.76. The van der Waals surface area contributed by atoms with Crippen molar-refractivity contribution < 1.29 is 4.79 Å². The van der Waals surface area contributed by atoms with E-state index in [9.17, 15) is 4.79 Å². The number of carbonyl (C=O) groups is 1. The summed E-state index contributed by atoms with van der Waals surface area (Å²) in [6.45, 7) is 3.36. The molecule has 0 aromatic carbocycles. The summed E-state index contributed by atoms with van der Waals surface area (Å²) in [7, 11) is 0. The maximum atomic E-state index is 10.9. The Morgan fingerprint density at radius 2 is 2.25 bits per heavy atom. The Balaban J connectivity index is 2.89. The van der Waals surface area contributed by atoms with E-state index in [1.807, 2.05) is 18.2 Å². The Kier molecular flexibility index (Phi) is 2.75. The summed E-state index contributed by atoms with van der Waals surface area (Å²) in [5.74, 6) is 0.0962. The summed E-state index contributed by atoms with van der Waals surface area (Å²) >= 11 is 0. The van der Waals surface area contributed by atoms with Crippen LogP contribution in [-0.4, -0.2) is 10.8 Å². The normalized spacial score (nSPS) is 11.3. The molecule has 1 rings (SSSR count). The molecule has 0 aliphatic carbocycles. The Hall–Kier alpha value is -1.44. The highest BCUT2D eigenvalue weighted by Crippen LogP contribution is 2.04. The van der Waals surface area contributed by atoms with Gasteiger partial charge in [-0.05, 0) is 37.1 Å². The zero-order valence-corrected chi connectivity index (χ0v) is 7.24. The van der Waals surface area contributed by atoms with Crippen LogP contribution in [0.2, 0.25) is 0 Å². The van der Waals surface area contributed by atoms with E-state index in [1.54, 1.807) is 26.2 Å². The topological polar surface area (TPSA) is 30.0 Å². The zero-order valence-electron chi connectivity index (χ0n) is 7.24. The second-order valence-corrected chi connectivity index (χ2v) is 2.67. The largest absolute Gasteiger partial charge is 0.295 e. The smallest absolute Gasteiger partial charge is 0.155 e. The number of carbonyl (C=O) groups excluding carboxylic acids is 1. The molecule has 2 nitrogen and oxygen atoms in total. The van der Waals surface area contributed by atoms with E-state index in [0.717, 1.165) is 11.1 Å². The molecule has 0 aliphatic rings. The third-order valence-corrected chi connectivity index (χ3v) is 1.62. The molecule has 12 heavy (non-hydrogen) atoms. The lowest BCUT2D eigenvalue weighted by atomic mass is 10.1. The third-order valence-electron chi connectivity index (χ3n) is 1.62. The van der Waals surface area contributed by atoms with Gasteiger partial charge in [0.05, 0.1) is 0 Å². The average molecular weight is 161 g/mol. The van der Waals surface area contributed by atoms with Crippen molar-refractivity contribution in [1.29, 1.82) is 0 Å². The Bertz CT molecular complexity index is 301. The average Bonchev–Trinajstić information content (AvgIpc) is 2.06. The van der Waals surface area contributed by atoms with Crippen LogP contribution in [-0.2, 0) is 4.79 Å². The lowest BCUT2D eigenvalue weighted by Gasteiger charge is -1.94. The van der Waals surface area contributed by atoms with Crippen LogP contribution in [0.3, 0.4) is 0 Å². The molecule has 0 atom stereocenters. The lowest BCUT2D eigenvalue weighted by Crippen LogP contribution is -1.90. The van der Waals surface area contributed by atoms with Crippen molar-refractivity contribution in [1.82, 2.24) is 4.98 Å². The number of pyridine rings is 1. The molecule has 0 aliphatic heterocycles. The fourth-order valence-corrected chi connectivity index (χ4v) is 0.813. The first kappa shape index (κ1) is 8.65. The molecule has 2 heteroatoms. The van der Waals surface area contributed by atoms with E-state index in [1.165, 1.54) is 0 Å². The Morgan fingerprint density at radius 3 is 2.75 bits per heavy atom. The van der Waals surface area contributed by atoms with Gasteiger partial charge < -0.3 is 0 Å². The lowest BCUT2D eigenvalue weighted by molar-refractivity contribution is -0.113. The summed E-state index contributed by atoms with van der Waals surface area (Å²) in [4.78, 5) is 14.8. The summed E-state index contributed by atoms with van der Waals surface area (Å²) < 4.78 is 0. The number of Topliss-reactive ketones (excluding diaryl/α,β-unsaturated/α-hetero) is 1.